The van der Waals surface area contributed by atoms with E-state index in [-0.39, 0.29) is 24.3 Å². The minimum absolute atomic E-state index is 0.0266. The molecule has 0 aliphatic heterocycles. The van der Waals surface area contributed by atoms with Gasteiger partial charge in [0.05, 0.1) is 0 Å². The predicted octanol–water partition coefficient (Wildman–Crippen LogP) is 5.45. The normalized spacial score (nSPS) is 12.0. The standard InChI is InChI=1S/C22H22ClNO4S/c1-3-14(2)24-20(25)12-27-22(26)21-18(17-6-4-5-7-19(17)28-21)13-29-16-10-8-15(23)9-11-16/h4-11,14H,3,12-13H2,1-2H3,(H,24,25)/t14-/m1/s1. The molecule has 0 spiro atoms. The van der Waals surface area contributed by atoms with Crippen LogP contribution >= 0.6 is 23.4 Å². The highest BCUT2D eigenvalue weighted by Gasteiger charge is 2.23. The molecular weight excluding hydrogens is 410 g/mol. The van der Waals surface area contributed by atoms with E-state index in [0.717, 1.165) is 22.3 Å². The third kappa shape index (κ3) is 5.55. The van der Waals surface area contributed by atoms with E-state index < -0.39 is 5.97 Å². The molecule has 2 aromatic carbocycles. The van der Waals surface area contributed by atoms with Crippen molar-refractivity contribution in [1.29, 1.82) is 0 Å². The molecule has 1 aromatic heterocycles. The van der Waals surface area contributed by atoms with Crippen LogP contribution in [0.2, 0.25) is 5.02 Å². The number of fused-ring (bicyclic) bond motifs is 1. The fraction of sp³-hybridized carbons (Fsp3) is 0.273. The lowest BCUT2D eigenvalue weighted by molar-refractivity contribution is -0.124. The van der Waals surface area contributed by atoms with Crippen LogP contribution in [0.15, 0.2) is 57.8 Å². The highest BCUT2D eigenvalue weighted by atomic mass is 35.5. The third-order valence-corrected chi connectivity index (χ3v) is 5.73. The Kier molecular flexibility index (Phi) is 7.23. The lowest BCUT2D eigenvalue weighted by Crippen LogP contribution is -2.35. The molecule has 29 heavy (non-hydrogen) atoms. The SMILES string of the molecule is CC[C@@H](C)NC(=O)COC(=O)c1oc2ccccc2c1CSc1ccc(Cl)cc1. The summed E-state index contributed by atoms with van der Waals surface area (Å²) in [6.07, 6.45) is 0.801. The average Bonchev–Trinajstić information content (AvgIpc) is 3.10. The quantitative estimate of drug-likeness (QED) is 0.379. The van der Waals surface area contributed by atoms with E-state index in [2.05, 4.69) is 5.32 Å². The van der Waals surface area contributed by atoms with E-state index in [1.807, 2.05) is 56.3 Å². The Bertz CT molecular complexity index is 1000. The molecule has 1 amide bonds. The second-order valence-corrected chi connectivity index (χ2v) is 8.09. The van der Waals surface area contributed by atoms with Crippen LogP contribution in [0.25, 0.3) is 11.0 Å². The van der Waals surface area contributed by atoms with Crippen molar-refractivity contribution in [3.05, 3.63) is 64.9 Å². The van der Waals surface area contributed by atoms with E-state index >= 15 is 0 Å². The van der Waals surface area contributed by atoms with Crippen LogP contribution in [-0.4, -0.2) is 24.5 Å². The first-order valence-corrected chi connectivity index (χ1v) is 10.7. The van der Waals surface area contributed by atoms with Gasteiger partial charge in [0, 0.05) is 32.7 Å². The van der Waals surface area contributed by atoms with Gasteiger partial charge in [-0.05, 0) is 43.7 Å². The van der Waals surface area contributed by atoms with Crippen molar-refractivity contribution in [2.24, 2.45) is 0 Å². The fourth-order valence-corrected chi connectivity index (χ4v) is 3.76. The number of nitrogens with one attached hydrogen (secondary N) is 1. The molecule has 1 N–H and O–H groups in total. The number of rotatable bonds is 8. The predicted molar refractivity (Wildman–Crippen MR) is 115 cm³/mol. The van der Waals surface area contributed by atoms with Crippen molar-refractivity contribution in [1.82, 2.24) is 5.32 Å². The molecular formula is C22H22ClNO4S. The van der Waals surface area contributed by atoms with Gasteiger partial charge in [-0.3, -0.25) is 4.79 Å². The molecule has 1 heterocycles. The largest absolute Gasteiger partial charge is 0.450 e. The Hall–Kier alpha value is -2.44. The van der Waals surface area contributed by atoms with Gasteiger partial charge in [-0.2, -0.15) is 0 Å². The molecule has 152 valence electrons. The fourth-order valence-electron chi connectivity index (χ4n) is 2.71. The number of hydrogen-bond acceptors (Lipinski definition) is 5. The number of hydrogen-bond donors (Lipinski definition) is 1. The highest BCUT2D eigenvalue weighted by molar-refractivity contribution is 7.98. The van der Waals surface area contributed by atoms with Crippen molar-refractivity contribution in [3.63, 3.8) is 0 Å². The summed E-state index contributed by atoms with van der Waals surface area (Å²) in [4.78, 5) is 25.6. The molecule has 0 aliphatic rings. The average molecular weight is 432 g/mol. The maximum absolute atomic E-state index is 12.6. The van der Waals surface area contributed by atoms with E-state index in [0.29, 0.717) is 16.4 Å². The van der Waals surface area contributed by atoms with E-state index in [9.17, 15) is 9.59 Å². The van der Waals surface area contributed by atoms with Gasteiger partial charge in [-0.25, -0.2) is 4.79 Å². The smallest absolute Gasteiger partial charge is 0.375 e. The van der Waals surface area contributed by atoms with Gasteiger partial charge in [0.25, 0.3) is 5.91 Å². The van der Waals surface area contributed by atoms with Crippen molar-refractivity contribution in [2.75, 3.05) is 6.61 Å². The maximum Gasteiger partial charge on any atom is 0.375 e. The number of halogens is 1. The molecule has 5 nitrogen and oxygen atoms in total. The summed E-state index contributed by atoms with van der Waals surface area (Å²) in [5.74, 6) is -0.334. The number of carbonyl (C=O) groups excluding carboxylic acids is 2. The first-order chi connectivity index (χ1) is 14.0. The molecule has 1 atom stereocenters. The number of esters is 1. The monoisotopic (exact) mass is 431 g/mol. The third-order valence-electron chi connectivity index (χ3n) is 4.43. The number of carbonyl (C=O) groups is 2. The zero-order chi connectivity index (χ0) is 20.8. The van der Waals surface area contributed by atoms with E-state index in [4.69, 9.17) is 20.8 Å². The Morgan fingerprint density at radius 2 is 1.90 bits per heavy atom. The number of amides is 1. The summed E-state index contributed by atoms with van der Waals surface area (Å²) in [5.41, 5.74) is 1.35. The van der Waals surface area contributed by atoms with Gasteiger partial charge < -0.3 is 14.5 Å². The van der Waals surface area contributed by atoms with Crippen LogP contribution < -0.4 is 5.32 Å². The number of thioether (sulfide) groups is 1. The number of para-hydroxylation sites is 1. The summed E-state index contributed by atoms with van der Waals surface area (Å²) in [5, 5.41) is 4.29. The van der Waals surface area contributed by atoms with Crippen molar-refractivity contribution < 1.29 is 18.7 Å². The van der Waals surface area contributed by atoms with Gasteiger partial charge in [-0.15, -0.1) is 11.8 Å². The molecule has 0 fully saturated rings. The zero-order valence-corrected chi connectivity index (χ0v) is 17.8. The van der Waals surface area contributed by atoms with Gasteiger partial charge in [0.15, 0.2) is 6.61 Å². The molecule has 3 rings (SSSR count). The van der Waals surface area contributed by atoms with Crippen LogP contribution in [0.1, 0.15) is 36.4 Å². The van der Waals surface area contributed by atoms with Gasteiger partial charge in [0.2, 0.25) is 5.76 Å². The summed E-state index contributed by atoms with van der Waals surface area (Å²) in [7, 11) is 0. The number of furan rings is 1. The molecule has 3 aromatic rings. The maximum atomic E-state index is 12.6. The van der Waals surface area contributed by atoms with Crippen LogP contribution in [0.3, 0.4) is 0 Å². The molecule has 0 saturated carbocycles. The topological polar surface area (TPSA) is 68.5 Å². The van der Waals surface area contributed by atoms with Crippen LogP contribution in [0.5, 0.6) is 0 Å². The Labute approximate surface area is 178 Å². The molecule has 0 radical (unpaired) electrons. The first-order valence-electron chi connectivity index (χ1n) is 9.33. The lowest BCUT2D eigenvalue weighted by atomic mass is 10.1. The minimum Gasteiger partial charge on any atom is -0.450 e. The number of ether oxygens (including phenoxy) is 1. The first kappa shape index (κ1) is 21.3. The van der Waals surface area contributed by atoms with Crippen molar-refractivity contribution in [3.8, 4) is 0 Å². The molecule has 0 bridgehead atoms. The van der Waals surface area contributed by atoms with Crippen molar-refractivity contribution in [2.45, 2.75) is 37.0 Å². The molecule has 7 heteroatoms. The second kappa shape index (κ2) is 9.85. The molecule has 0 saturated heterocycles. The lowest BCUT2D eigenvalue weighted by Gasteiger charge is -2.11. The van der Waals surface area contributed by atoms with Crippen molar-refractivity contribution >= 4 is 46.2 Å². The number of benzene rings is 2. The van der Waals surface area contributed by atoms with Gasteiger partial charge in [0.1, 0.15) is 5.58 Å². The Balaban J connectivity index is 1.76. The summed E-state index contributed by atoms with van der Waals surface area (Å²) in [6.45, 7) is 3.52. The van der Waals surface area contributed by atoms with Crippen LogP contribution in [0, 0.1) is 0 Å². The second-order valence-electron chi connectivity index (χ2n) is 6.60. The van der Waals surface area contributed by atoms with Crippen LogP contribution in [-0.2, 0) is 15.3 Å². The van der Waals surface area contributed by atoms with E-state index in [1.165, 1.54) is 0 Å². The van der Waals surface area contributed by atoms with E-state index in [1.54, 1.807) is 17.8 Å². The summed E-state index contributed by atoms with van der Waals surface area (Å²) < 4.78 is 11.0. The molecule has 0 unspecified atom stereocenters. The summed E-state index contributed by atoms with van der Waals surface area (Å²) >= 11 is 7.50. The molecule has 0 aliphatic carbocycles. The van der Waals surface area contributed by atoms with Gasteiger partial charge in [-0.1, -0.05) is 36.7 Å². The van der Waals surface area contributed by atoms with Crippen LogP contribution in [0.4, 0.5) is 0 Å². The Morgan fingerprint density at radius 1 is 1.17 bits per heavy atom. The highest BCUT2D eigenvalue weighted by Crippen LogP contribution is 2.32. The minimum atomic E-state index is -0.646. The Morgan fingerprint density at radius 3 is 2.62 bits per heavy atom. The summed E-state index contributed by atoms with van der Waals surface area (Å²) in [6, 6.07) is 15.0. The van der Waals surface area contributed by atoms with Gasteiger partial charge >= 0.3 is 5.97 Å². The zero-order valence-electron chi connectivity index (χ0n) is 16.2.